The zero-order valence-corrected chi connectivity index (χ0v) is 35.3. The number of alkyl halides is 2. The second kappa shape index (κ2) is 19.2. The fraction of sp³-hybridized carbons (Fsp3) is 0.391. The van der Waals surface area contributed by atoms with E-state index in [-0.39, 0.29) is 47.3 Å². The number of fused-ring (bicyclic) bond motifs is 1. The Bertz CT molecular complexity index is 2590. The molecule has 2 saturated heterocycles. The molecule has 3 aliphatic heterocycles. The zero-order valence-electron chi connectivity index (χ0n) is 35.3. The van der Waals surface area contributed by atoms with Crippen LogP contribution in [0.5, 0.6) is 0 Å². The van der Waals surface area contributed by atoms with Crippen molar-refractivity contribution < 1.29 is 46.6 Å². The molecule has 3 aromatic heterocycles. The molecule has 1 unspecified atom stereocenters. The van der Waals surface area contributed by atoms with Crippen molar-refractivity contribution in [1.29, 1.82) is 0 Å². The van der Waals surface area contributed by atoms with E-state index in [1.807, 2.05) is 18.2 Å². The van der Waals surface area contributed by atoms with Crippen molar-refractivity contribution in [2.45, 2.75) is 70.1 Å². The molecule has 6 heterocycles. The summed E-state index contributed by atoms with van der Waals surface area (Å²) in [6, 6.07) is 14.9. The highest BCUT2D eigenvalue weighted by Gasteiger charge is 2.45. The maximum absolute atomic E-state index is 14.2. The Labute approximate surface area is 371 Å². The Morgan fingerprint density at radius 2 is 1.86 bits per heavy atom. The molecule has 9 rings (SSSR count). The summed E-state index contributed by atoms with van der Waals surface area (Å²) >= 11 is 0. The third-order valence-electron chi connectivity index (χ3n) is 11.9. The lowest BCUT2D eigenvalue weighted by atomic mass is 10.0. The summed E-state index contributed by atoms with van der Waals surface area (Å²) in [5, 5.41) is 12.1. The number of hydrogen-bond acceptors (Lipinski definition) is 13. The highest BCUT2D eigenvalue weighted by atomic mass is 19.3. The van der Waals surface area contributed by atoms with Crippen LogP contribution in [0.1, 0.15) is 93.1 Å². The smallest absolute Gasteiger partial charge is 0.284 e. The first-order valence-corrected chi connectivity index (χ1v) is 21.8. The van der Waals surface area contributed by atoms with Crippen LogP contribution in [0.3, 0.4) is 0 Å². The molecule has 3 N–H and O–H groups in total. The van der Waals surface area contributed by atoms with Crippen molar-refractivity contribution in [3.63, 3.8) is 0 Å². The third-order valence-corrected chi connectivity index (χ3v) is 11.9. The molecule has 19 heteroatoms. The summed E-state index contributed by atoms with van der Waals surface area (Å²) in [5.41, 5.74) is 3.24. The van der Waals surface area contributed by atoms with Gasteiger partial charge in [-0.05, 0) is 73.6 Å². The lowest BCUT2D eigenvalue weighted by Gasteiger charge is -2.32. The molecule has 3 fully saturated rings. The number of anilines is 2. The maximum Gasteiger partial charge on any atom is 0.284 e. The average Bonchev–Trinajstić information content (AvgIpc) is 3.71. The van der Waals surface area contributed by atoms with Crippen LogP contribution in [0.25, 0.3) is 17.1 Å². The fourth-order valence-corrected chi connectivity index (χ4v) is 8.29. The summed E-state index contributed by atoms with van der Waals surface area (Å²) in [4.78, 5) is 75.6. The molecule has 0 bridgehead atoms. The van der Waals surface area contributed by atoms with Crippen molar-refractivity contribution in [2.75, 3.05) is 50.1 Å². The molecule has 2 atom stereocenters. The number of nitrogens with zero attached hydrogens (tertiary/aromatic N) is 6. The second-order valence-electron chi connectivity index (χ2n) is 16.6. The topological polar surface area (TPSA) is 203 Å². The van der Waals surface area contributed by atoms with Crippen LogP contribution < -0.4 is 16.0 Å². The number of nitrogens with one attached hydrogen (secondary N) is 3. The Hall–Kier alpha value is -6.70. The standard InChI is InChI=1S/C46H47F2N9O8/c47-41(48)40-35(51-42(59)36-26-65-44(52-36)29-15-17-49-30(21-29)10-7-27-5-6-27)24-56(54-40)31-11-8-28(9-12-31)22-55-18-20-64-32(23-55)25-63-19-2-16-50-34-4-1-3-33-39(34)46(62)57(45(33)61)37-13-14-38(58)53-43(37)60/h1,3-4,8-9,11-12,15,17,21,24,26-27,32,37,41,50H,2,5-7,10,13-14,16,18-20,22-23,25H2,(H,51,59)(H,53,58,60)/t32-,37?/m0/s1. The molecular weight excluding hydrogens is 845 g/mol. The van der Waals surface area contributed by atoms with E-state index in [0.717, 1.165) is 34.9 Å². The van der Waals surface area contributed by atoms with Gasteiger partial charge in [0, 0.05) is 62.3 Å². The van der Waals surface area contributed by atoms with E-state index in [4.69, 9.17) is 13.9 Å². The van der Waals surface area contributed by atoms with Gasteiger partial charge in [-0.3, -0.25) is 44.1 Å². The number of piperidine rings is 1. The van der Waals surface area contributed by atoms with E-state index >= 15 is 0 Å². The van der Waals surface area contributed by atoms with Crippen molar-refractivity contribution >= 4 is 40.9 Å². The number of carbonyl (C=O) groups is 5. The number of benzene rings is 2. The summed E-state index contributed by atoms with van der Waals surface area (Å²) in [6.45, 7) is 3.73. The number of rotatable bonds is 18. The minimum atomic E-state index is -2.95. The van der Waals surface area contributed by atoms with Crippen LogP contribution in [-0.2, 0) is 32.0 Å². The first kappa shape index (κ1) is 43.5. The molecule has 1 aliphatic carbocycles. The van der Waals surface area contributed by atoms with Crippen LogP contribution in [0.15, 0.2) is 77.7 Å². The predicted molar refractivity (Wildman–Crippen MR) is 229 cm³/mol. The van der Waals surface area contributed by atoms with Gasteiger partial charge >= 0.3 is 0 Å². The molecule has 65 heavy (non-hydrogen) atoms. The van der Waals surface area contributed by atoms with E-state index in [0.29, 0.717) is 69.4 Å². The number of ether oxygens (including phenoxy) is 2. The van der Waals surface area contributed by atoms with Crippen LogP contribution in [0.4, 0.5) is 20.2 Å². The van der Waals surface area contributed by atoms with Gasteiger partial charge in [0.25, 0.3) is 24.1 Å². The lowest BCUT2D eigenvalue weighted by Crippen LogP contribution is -2.54. The normalized spacial score (nSPS) is 18.9. The van der Waals surface area contributed by atoms with Crippen LogP contribution >= 0.6 is 0 Å². The molecule has 2 aromatic carbocycles. The second-order valence-corrected chi connectivity index (χ2v) is 16.6. The Morgan fingerprint density at radius 3 is 2.66 bits per heavy atom. The van der Waals surface area contributed by atoms with Gasteiger partial charge in [0.05, 0.1) is 48.0 Å². The largest absolute Gasteiger partial charge is 0.444 e. The van der Waals surface area contributed by atoms with Gasteiger partial charge in [-0.1, -0.05) is 31.0 Å². The van der Waals surface area contributed by atoms with Gasteiger partial charge < -0.3 is 24.5 Å². The molecule has 338 valence electrons. The minimum absolute atomic E-state index is 0.0477. The summed E-state index contributed by atoms with van der Waals surface area (Å²) < 4.78 is 47.1. The number of halogens is 2. The highest BCUT2D eigenvalue weighted by molar-refractivity contribution is 6.25. The number of aryl methyl sites for hydroxylation is 1. The Kier molecular flexibility index (Phi) is 12.9. The lowest BCUT2D eigenvalue weighted by molar-refractivity contribution is -0.136. The van der Waals surface area contributed by atoms with Gasteiger partial charge in [-0.25, -0.2) is 18.4 Å². The quantitative estimate of drug-likeness (QED) is 0.0728. The van der Waals surface area contributed by atoms with Crippen molar-refractivity contribution in [1.82, 2.24) is 34.9 Å². The van der Waals surface area contributed by atoms with Gasteiger partial charge in [0.2, 0.25) is 17.7 Å². The molecule has 17 nitrogen and oxygen atoms in total. The summed E-state index contributed by atoms with van der Waals surface area (Å²) in [6.07, 6.45) is 6.29. The molecule has 1 saturated carbocycles. The van der Waals surface area contributed by atoms with Crippen molar-refractivity contribution in [2.24, 2.45) is 5.92 Å². The summed E-state index contributed by atoms with van der Waals surface area (Å²) in [5.74, 6) is -1.93. The monoisotopic (exact) mass is 891 g/mol. The number of hydrogen-bond donors (Lipinski definition) is 3. The van der Waals surface area contributed by atoms with Gasteiger partial charge in [0.15, 0.2) is 11.4 Å². The number of pyridine rings is 1. The molecule has 0 radical (unpaired) electrons. The molecule has 5 amide bonds. The Balaban J connectivity index is 0.728. The molecular formula is C46H47F2N9O8. The van der Waals surface area contributed by atoms with Crippen LogP contribution in [0, 0.1) is 5.92 Å². The van der Waals surface area contributed by atoms with Crippen LogP contribution in [0.2, 0.25) is 0 Å². The number of morpholine rings is 1. The molecule has 0 spiro atoms. The number of imide groups is 2. The minimum Gasteiger partial charge on any atom is -0.444 e. The third kappa shape index (κ3) is 10.0. The first-order valence-electron chi connectivity index (χ1n) is 21.8. The van der Waals surface area contributed by atoms with Gasteiger partial charge in [-0.15, -0.1) is 0 Å². The first-order chi connectivity index (χ1) is 31.6. The number of amides is 5. The number of carbonyl (C=O) groups excluding carboxylic acids is 5. The van der Waals surface area contributed by atoms with E-state index in [1.54, 1.807) is 42.6 Å². The van der Waals surface area contributed by atoms with E-state index in [2.05, 4.69) is 35.9 Å². The van der Waals surface area contributed by atoms with Crippen molar-refractivity contribution in [3.8, 4) is 17.1 Å². The van der Waals surface area contributed by atoms with E-state index in [9.17, 15) is 32.8 Å². The number of oxazole rings is 1. The highest BCUT2D eigenvalue weighted by Crippen LogP contribution is 2.35. The summed E-state index contributed by atoms with van der Waals surface area (Å²) in [7, 11) is 0. The van der Waals surface area contributed by atoms with Crippen LogP contribution in [-0.4, -0.2) is 111 Å². The van der Waals surface area contributed by atoms with E-state index in [1.165, 1.54) is 30.0 Å². The zero-order chi connectivity index (χ0) is 45.0. The molecule has 4 aliphatic rings. The predicted octanol–water partition coefficient (Wildman–Crippen LogP) is 5.58. The number of aromatic nitrogens is 4. The average molecular weight is 892 g/mol. The van der Waals surface area contributed by atoms with Crippen molar-refractivity contribution in [3.05, 3.63) is 107 Å². The van der Waals surface area contributed by atoms with Gasteiger partial charge in [0.1, 0.15) is 12.3 Å². The van der Waals surface area contributed by atoms with Gasteiger partial charge in [-0.2, -0.15) is 5.10 Å². The fourth-order valence-electron chi connectivity index (χ4n) is 8.29. The molecule has 5 aromatic rings. The maximum atomic E-state index is 14.2. The Morgan fingerprint density at radius 1 is 1.02 bits per heavy atom. The van der Waals surface area contributed by atoms with E-state index < -0.39 is 47.7 Å². The SMILES string of the molecule is O=C1CCC(N2C(=O)c3cccc(NCCCOC[C@@H]4CN(Cc5ccc(-n6cc(NC(=O)c7coc(-c8ccnc(CCC9CC9)c8)n7)c(C(F)F)n6)cc5)CCO4)c3C2=O)C(=O)N1.